The third kappa shape index (κ3) is 3.81. The van der Waals surface area contributed by atoms with E-state index in [-0.39, 0.29) is 16.7 Å². The van der Waals surface area contributed by atoms with Gasteiger partial charge in [-0.05, 0) is 37.1 Å². The lowest BCUT2D eigenvalue weighted by molar-refractivity contribution is 0.449. The first-order valence-corrected chi connectivity index (χ1v) is 8.27. The van der Waals surface area contributed by atoms with Gasteiger partial charge in [0.05, 0.1) is 10.4 Å². The summed E-state index contributed by atoms with van der Waals surface area (Å²) in [5, 5.41) is 0. The van der Waals surface area contributed by atoms with Crippen molar-refractivity contribution in [2.45, 2.75) is 30.7 Å². The molecule has 1 aromatic rings. The van der Waals surface area contributed by atoms with Crippen molar-refractivity contribution in [3.8, 4) is 0 Å². The Morgan fingerprint density at radius 2 is 1.89 bits per heavy atom. The van der Waals surface area contributed by atoms with Crippen molar-refractivity contribution in [1.82, 2.24) is 4.72 Å². The molecular formula is C12H16Cl2FNO2S. The number of alkyl halides is 2. The van der Waals surface area contributed by atoms with Gasteiger partial charge >= 0.3 is 0 Å². The fourth-order valence-corrected chi connectivity index (χ4v) is 4.26. The number of nitrogens with one attached hydrogen (secondary N) is 1. The summed E-state index contributed by atoms with van der Waals surface area (Å²) >= 11 is 11.6. The molecule has 0 aliphatic carbocycles. The molecule has 0 unspecified atom stereocenters. The molecule has 7 heteroatoms. The lowest BCUT2D eigenvalue weighted by Gasteiger charge is -2.29. The molecule has 0 heterocycles. The summed E-state index contributed by atoms with van der Waals surface area (Å²) in [7, 11) is -3.79. The Morgan fingerprint density at radius 1 is 1.32 bits per heavy atom. The molecule has 1 N–H and O–H groups in total. The van der Waals surface area contributed by atoms with Crippen LogP contribution in [0.5, 0.6) is 0 Å². The van der Waals surface area contributed by atoms with Gasteiger partial charge in [-0.3, -0.25) is 0 Å². The maximum absolute atomic E-state index is 13.0. The van der Waals surface area contributed by atoms with Gasteiger partial charge < -0.3 is 0 Å². The van der Waals surface area contributed by atoms with Crippen LogP contribution in [0, 0.1) is 12.7 Å². The highest BCUT2D eigenvalue weighted by Gasteiger charge is 2.32. The Balaban J connectivity index is 3.17. The van der Waals surface area contributed by atoms with Gasteiger partial charge in [-0.25, -0.2) is 17.5 Å². The predicted molar refractivity (Wildman–Crippen MR) is 75.9 cm³/mol. The quantitative estimate of drug-likeness (QED) is 0.816. The Bertz CT molecular complexity index is 536. The fourth-order valence-electron chi connectivity index (χ4n) is 1.61. The molecule has 108 valence electrons. The van der Waals surface area contributed by atoms with E-state index in [1.165, 1.54) is 19.1 Å². The average molecular weight is 328 g/mol. The van der Waals surface area contributed by atoms with E-state index in [2.05, 4.69) is 4.72 Å². The van der Waals surface area contributed by atoms with Crippen LogP contribution in [-0.4, -0.2) is 25.7 Å². The van der Waals surface area contributed by atoms with Crippen molar-refractivity contribution in [1.29, 1.82) is 0 Å². The molecule has 0 saturated heterocycles. The largest absolute Gasteiger partial charge is 0.241 e. The second-order valence-electron chi connectivity index (χ2n) is 4.42. The number of rotatable bonds is 6. The Labute approximate surface area is 123 Å². The van der Waals surface area contributed by atoms with Crippen molar-refractivity contribution >= 4 is 33.2 Å². The molecule has 0 spiro atoms. The SMILES string of the molecule is CCC(CCl)(CCl)NS(=O)(=O)c1ccc(F)cc1C. The zero-order valence-electron chi connectivity index (χ0n) is 10.7. The van der Waals surface area contributed by atoms with Crippen LogP contribution in [0.3, 0.4) is 0 Å². The van der Waals surface area contributed by atoms with Gasteiger partial charge in [0.25, 0.3) is 0 Å². The minimum absolute atomic E-state index is 0.0296. The van der Waals surface area contributed by atoms with Gasteiger partial charge in [0.2, 0.25) is 10.0 Å². The third-order valence-corrected chi connectivity index (χ3v) is 5.73. The molecule has 0 amide bonds. The molecule has 0 aliphatic rings. The molecule has 1 rings (SSSR count). The normalized spacial score (nSPS) is 12.7. The van der Waals surface area contributed by atoms with Crippen molar-refractivity contribution < 1.29 is 12.8 Å². The molecule has 0 bridgehead atoms. The standard InChI is InChI=1S/C12H16Cl2FNO2S/c1-3-12(7-13,8-14)16-19(17,18)11-5-4-10(15)6-9(11)2/h4-6,16H,3,7-8H2,1-2H3. The second kappa shape index (κ2) is 6.39. The van der Waals surface area contributed by atoms with E-state index in [4.69, 9.17) is 23.2 Å². The first kappa shape index (κ1) is 16.7. The van der Waals surface area contributed by atoms with E-state index in [0.717, 1.165) is 6.07 Å². The van der Waals surface area contributed by atoms with E-state index in [1.54, 1.807) is 6.92 Å². The smallest absolute Gasteiger partial charge is 0.207 e. The summed E-state index contributed by atoms with van der Waals surface area (Å²) in [6.07, 6.45) is 0.458. The van der Waals surface area contributed by atoms with E-state index in [9.17, 15) is 12.8 Å². The first-order valence-electron chi connectivity index (χ1n) is 5.72. The molecule has 0 aliphatic heterocycles. The summed E-state index contributed by atoms with van der Waals surface area (Å²) in [4.78, 5) is 0.0296. The van der Waals surface area contributed by atoms with Gasteiger partial charge in [-0.15, -0.1) is 23.2 Å². The Hall–Kier alpha value is -0.360. The van der Waals surface area contributed by atoms with Crippen molar-refractivity contribution in [2.24, 2.45) is 0 Å². The molecule has 0 fully saturated rings. The number of hydrogen-bond donors (Lipinski definition) is 1. The van der Waals surface area contributed by atoms with E-state index >= 15 is 0 Å². The highest BCUT2D eigenvalue weighted by molar-refractivity contribution is 7.89. The highest BCUT2D eigenvalue weighted by atomic mass is 35.5. The molecule has 1 aromatic carbocycles. The number of benzene rings is 1. The van der Waals surface area contributed by atoms with Crippen LogP contribution in [-0.2, 0) is 10.0 Å². The number of sulfonamides is 1. The minimum atomic E-state index is -3.79. The molecule has 0 aromatic heterocycles. The van der Waals surface area contributed by atoms with Crippen molar-refractivity contribution in [2.75, 3.05) is 11.8 Å². The zero-order valence-corrected chi connectivity index (χ0v) is 13.0. The van der Waals surface area contributed by atoms with E-state index in [0.29, 0.717) is 12.0 Å². The highest BCUT2D eigenvalue weighted by Crippen LogP contribution is 2.22. The maximum Gasteiger partial charge on any atom is 0.241 e. The Kier molecular flexibility index (Phi) is 5.62. The molecule has 0 radical (unpaired) electrons. The topological polar surface area (TPSA) is 46.2 Å². The number of aryl methyl sites for hydroxylation is 1. The lowest BCUT2D eigenvalue weighted by atomic mass is 10.0. The number of halogens is 3. The lowest BCUT2D eigenvalue weighted by Crippen LogP contribution is -2.51. The van der Waals surface area contributed by atoms with Crippen LogP contribution in [0.15, 0.2) is 23.1 Å². The van der Waals surface area contributed by atoms with Crippen LogP contribution in [0.25, 0.3) is 0 Å². The zero-order chi connectivity index (χ0) is 14.7. The maximum atomic E-state index is 13.0. The molecular weight excluding hydrogens is 312 g/mol. The second-order valence-corrected chi connectivity index (χ2v) is 6.60. The fraction of sp³-hybridized carbons (Fsp3) is 0.500. The van der Waals surface area contributed by atoms with E-state index < -0.39 is 21.4 Å². The summed E-state index contributed by atoms with van der Waals surface area (Å²) in [6, 6.07) is 3.51. The first-order chi connectivity index (χ1) is 8.80. The van der Waals surface area contributed by atoms with Gasteiger partial charge in [-0.1, -0.05) is 6.92 Å². The van der Waals surface area contributed by atoms with Crippen molar-refractivity contribution in [3.05, 3.63) is 29.6 Å². The van der Waals surface area contributed by atoms with Crippen LogP contribution in [0.4, 0.5) is 4.39 Å². The van der Waals surface area contributed by atoms with Crippen molar-refractivity contribution in [3.63, 3.8) is 0 Å². The van der Waals surface area contributed by atoms with Gasteiger partial charge in [-0.2, -0.15) is 0 Å². The predicted octanol–water partition coefficient (Wildman–Crippen LogP) is 3.04. The average Bonchev–Trinajstić information content (AvgIpc) is 2.35. The van der Waals surface area contributed by atoms with Crippen LogP contribution in [0.2, 0.25) is 0 Å². The molecule has 3 nitrogen and oxygen atoms in total. The van der Waals surface area contributed by atoms with Crippen LogP contribution < -0.4 is 4.72 Å². The summed E-state index contributed by atoms with van der Waals surface area (Å²) in [5.41, 5.74) is -0.565. The van der Waals surface area contributed by atoms with Gasteiger partial charge in [0.1, 0.15) is 5.82 Å². The van der Waals surface area contributed by atoms with Crippen LogP contribution >= 0.6 is 23.2 Å². The van der Waals surface area contributed by atoms with Gasteiger partial charge in [0, 0.05) is 11.8 Å². The third-order valence-electron chi connectivity index (χ3n) is 2.97. The Morgan fingerprint density at radius 3 is 2.32 bits per heavy atom. The molecule has 0 saturated carbocycles. The molecule has 0 atom stereocenters. The monoisotopic (exact) mass is 327 g/mol. The minimum Gasteiger partial charge on any atom is -0.207 e. The summed E-state index contributed by atoms with van der Waals surface area (Å²) < 4.78 is 40.1. The van der Waals surface area contributed by atoms with Gasteiger partial charge in [0.15, 0.2) is 0 Å². The molecule has 19 heavy (non-hydrogen) atoms. The summed E-state index contributed by atoms with van der Waals surface area (Å²) in [6.45, 7) is 3.33. The number of hydrogen-bond acceptors (Lipinski definition) is 2. The van der Waals surface area contributed by atoms with E-state index in [1.807, 2.05) is 0 Å². The van der Waals surface area contributed by atoms with Crippen LogP contribution in [0.1, 0.15) is 18.9 Å². The summed E-state index contributed by atoms with van der Waals surface area (Å²) in [5.74, 6) is -0.355.